The molecule has 0 saturated heterocycles. The summed E-state index contributed by atoms with van der Waals surface area (Å²) < 4.78 is 4.79. The quantitative estimate of drug-likeness (QED) is 0.149. The van der Waals surface area contributed by atoms with Crippen LogP contribution in [0.3, 0.4) is 0 Å². The highest BCUT2D eigenvalue weighted by atomic mass is 15.1. The molecular weight excluding hydrogens is 763 g/mol. The molecule has 0 spiro atoms. The van der Waals surface area contributed by atoms with Gasteiger partial charge in [-0.1, -0.05) is 152 Å². The molecule has 0 N–H and O–H groups in total. The van der Waals surface area contributed by atoms with Gasteiger partial charge in [-0.15, -0.1) is 0 Å². The van der Waals surface area contributed by atoms with E-state index in [4.69, 9.17) is 0 Å². The third kappa shape index (κ3) is 6.29. The fourth-order valence-electron chi connectivity index (χ4n) is 9.58. The molecule has 0 atom stereocenters. The molecule has 0 bridgehead atoms. The molecule has 0 unspecified atom stereocenters. The fraction of sp³-hybridized carbons (Fsp3) is 0. The van der Waals surface area contributed by atoms with Gasteiger partial charge in [-0.3, -0.25) is 0 Å². The summed E-state index contributed by atoms with van der Waals surface area (Å²) in [5, 5.41) is 4.92. The molecule has 2 aromatic heterocycles. The highest BCUT2D eigenvalue weighted by molar-refractivity contribution is 6.13. The van der Waals surface area contributed by atoms with Crippen LogP contribution in [0.4, 0.5) is 17.1 Å². The number of fused-ring (bicyclic) bond motifs is 6. The number of para-hydroxylation sites is 5. The molecule has 2 heterocycles. The monoisotopic (exact) mass is 803 g/mol. The zero-order valence-electron chi connectivity index (χ0n) is 34.5. The highest BCUT2D eigenvalue weighted by Crippen LogP contribution is 2.44. The van der Waals surface area contributed by atoms with Crippen molar-refractivity contribution in [1.29, 1.82) is 0 Å². The molecule has 12 rings (SSSR count). The molecule has 296 valence electrons. The van der Waals surface area contributed by atoms with Crippen molar-refractivity contribution in [3.8, 4) is 44.8 Å². The van der Waals surface area contributed by atoms with E-state index >= 15 is 0 Å². The van der Waals surface area contributed by atoms with Gasteiger partial charge in [0.2, 0.25) is 0 Å². The molecule has 63 heavy (non-hydrogen) atoms. The van der Waals surface area contributed by atoms with Crippen molar-refractivity contribution in [2.75, 3.05) is 4.90 Å². The zero-order valence-corrected chi connectivity index (χ0v) is 34.5. The Labute approximate surface area is 366 Å². The van der Waals surface area contributed by atoms with E-state index in [0.717, 1.165) is 39.6 Å². The third-order valence-electron chi connectivity index (χ3n) is 12.5. The minimum absolute atomic E-state index is 1.10. The lowest BCUT2D eigenvalue weighted by molar-refractivity contribution is 1.18. The summed E-state index contributed by atoms with van der Waals surface area (Å²) in [7, 11) is 0. The maximum atomic E-state index is 2.41. The van der Waals surface area contributed by atoms with Gasteiger partial charge in [0, 0.05) is 49.9 Å². The van der Waals surface area contributed by atoms with Gasteiger partial charge in [-0.05, 0) is 125 Å². The zero-order chi connectivity index (χ0) is 41.7. The van der Waals surface area contributed by atoms with E-state index in [1.54, 1.807) is 0 Å². The predicted octanol–water partition coefficient (Wildman–Crippen LogP) is 16.4. The predicted molar refractivity (Wildman–Crippen MR) is 266 cm³/mol. The van der Waals surface area contributed by atoms with Gasteiger partial charge in [0.25, 0.3) is 0 Å². The maximum absolute atomic E-state index is 2.41. The number of anilines is 3. The topological polar surface area (TPSA) is 13.1 Å². The molecule has 3 nitrogen and oxygen atoms in total. The van der Waals surface area contributed by atoms with E-state index in [-0.39, 0.29) is 0 Å². The summed E-state index contributed by atoms with van der Waals surface area (Å²) in [5.74, 6) is 0. The highest BCUT2D eigenvalue weighted by Gasteiger charge is 2.20. The van der Waals surface area contributed by atoms with Crippen molar-refractivity contribution in [3.05, 3.63) is 249 Å². The van der Waals surface area contributed by atoms with Crippen molar-refractivity contribution < 1.29 is 0 Å². The standard InChI is InChI=1S/C60H41N3/c1-5-17-42(18-6-1)43-29-34-50(35-30-43)61(47-19-7-2-8-20-47)56-27-15-13-25-51(56)46-33-38-60-55(41-46)54-40-45(32-37-59(54)63(60)49-23-11-4-12-24-49)44-31-36-58-53(39-44)52-26-14-16-28-57(52)62(58)48-21-9-3-10-22-48/h1-41H. The van der Waals surface area contributed by atoms with Gasteiger partial charge in [0.05, 0.1) is 27.8 Å². The number of benzene rings is 10. The molecule has 10 aromatic carbocycles. The van der Waals surface area contributed by atoms with E-state index in [1.165, 1.54) is 65.9 Å². The Balaban J connectivity index is 1.03. The molecular formula is C60H41N3. The molecule has 0 radical (unpaired) electrons. The van der Waals surface area contributed by atoms with Crippen LogP contribution in [-0.2, 0) is 0 Å². The van der Waals surface area contributed by atoms with Crippen LogP contribution < -0.4 is 4.90 Å². The first kappa shape index (κ1) is 36.5. The van der Waals surface area contributed by atoms with Crippen molar-refractivity contribution in [3.63, 3.8) is 0 Å². The van der Waals surface area contributed by atoms with Crippen LogP contribution in [-0.4, -0.2) is 9.13 Å². The minimum Gasteiger partial charge on any atom is -0.310 e. The Bertz CT molecular complexity index is 3590. The van der Waals surface area contributed by atoms with Gasteiger partial charge >= 0.3 is 0 Å². The number of rotatable bonds is 8. The normalized spacial score (nSPS) is 11.5. The van der Waals surface area contributed by atoms with Gasteiger partial charge in [-0.2, -0.15) is 0 Å². The molecule has 0 amide bonds. The average Bonchev–Trinajstić information content (AvgIpc) is 3.87. The van der Waals surface area contributed by atoms with Crippen LogP contribution in [0.1, 0.15) is 0 Å². The number of hydrogen-bond acceptors (Lipinski definition) is 1. The second-order valence-corrected chi connectivity index (χ2v) is 16.2. The third-order valence-corrected chi connectivity index (χ3v) is 12.5. The maximum Gasteiger partial charge on any atom is 0.0541 e. The number of nitrogens with zero attached hydrogens (tertiary/aromatic N) is 3. The Morgan fingerprint density at radius 3 is 1.25 bits per heavy atom. The molecule has 0 aliphatic heterocycles. The fourth-order valence-corrected chi connectivity index (χ4v) is 9.58. The lowest BCUT2D eigenvalue weighted by atomic mass is 9.98. The SMILES string of the molecule is c1ccc(-c2ccc(N(c3ccccc3)c3ccccc3-c3ccc4c(c3)c3cc(-c5ccc6c(c5)c5ccccc5n6-c5ccccc5)ccc3n4-c3ccccc3)cc2)cc1. The summed E-state index contributed by atoms with van der Waals surface area (Å²) in [6.45, 7) is 0. The molecule has 0 aliphatic carbocycles. The Kier molecular flexibility index (Phi) is 8.83. The lowest BCUT2D eigenvalue weighted by Gasteiger charge is -2.28. The van der Waals surface area contributed by atoms with E-state index in [9.17, 15) is 0 Å². The van der Waals surface area contributed by atoms with Gasteiger partial charge in [0.15, 0.2) is 0 Å². The Morgan fingerprint density at radius 1 is 0.254 bits per heavy atom. The van der Waals surface area contributed by atoms with Crippen LogP contribution in [0.5, 0.6) is 0 Å². The van der Waals surface area contributed by atoms with Crippen LogP contribution in [0, 0.1) is 0 Å². The van der Waals surface area contributed by atoms with Crippen LogP contribution in [0.15, 0.2) is 249 Å². The van der Waals surface area contributed by atoms with E-state index in [0.29, 0.717) is 0 Å². The molecule has 0 aliphatic rings. The molecule has 12 aromatic rings. The Morgan fingerprint density at radius 2 is 0.651 bits per heavy atom. The first-order valence-corrected chi connectivity index (χ1v) is 21.6. The summed E-state index contributed by atoms with van der Waals surface area (Å²) >= 11 is 0. The largest absolute Gasteiger partial charge is 0.310 e. The molecule has 3 heteroatoms. The van der Waals surface area contributed by atoms with Crippen LogP contribution in [0.25, 0.3) is 88.4 Å². The van der Waals surface area contributed by atoms with Crippen LogP contribution >= 0.6 is 0 Å². The van der Waals surface area contributed by atoms with Gasteiger partial charge in [-0.25, -0.2) is 0 Å². The van der Waals surface area contributed by atoms with Crippen molar-refractivity contribution in [1.82, 2.24) is 9.13 Å². The van der Waals surface area contributed by atoms with E-state index < -0.39 is 0 Å². The minimum atomic E-state index is 1.10. The van der Waals surface area contributed by atoms with Gasteiger partial charge < -0.3 is 14.0 Å². The van der Waals surface area contributed by atoms with E-state index in [2.05, 4.69) is 263 Å². The number of hydrogen-bond donors (Lipinski definition) is 0. The van der Waals surface area contributed by atoms with Crippen molar-refractivity contribution in [2.24, 2.45) is 0 Å². The van der Waals surface area contributed by atoms with Crippen molar-refractivity contribution >= 4 is 60.7 Å². The second kappa shape index (κ2) is 15.3. The summed E-state index contributed by atoms with van der Waals surface area (Å²) in [5.41, 5.74) is 17.5. The van der Waals surface area contributed by atoms with Gasteiger partial charge in [0.1, 0.15) is 0 Å². The summed E-state index contributed by atoms with van der Waals surface area (Å²) in [6, 6.07) is 90.1. The Hall–Kier alpha value is -8.40. The van der Waals surface area contributed by atoms with E-state index in [1.807, 2.05) is 0 Å². The first-order chi connectivity index (χ1) is 31.3. The average molecular weight is 804 g/mol. The second-order valence-electron chi connectivity index (χ2n) is 16.2. The first-order valence-electron chi connectivity index (χ1n) is 21.6. The molecule has 0 saturated carbocycles. The summed E-state index contributed by atoms with van der Waals surface area (Å²) in [4.78, 5) is 2.38. The summed E-state index contributed by atoms with van der Waals surface area (Å²) in [6.07, 6.45) is 0. The number of aromatic nitrogens is 2. The van der Waals surface area contributed by atoms with Crippen LogP contribution in [0.2, 0.25) is 0 Å². The lowest BCUT2D eigenvalue weighted by Crippen LogP contribution is -2.11. The smallest absolute Gasteiger partial charge is 0.0541 e. The van der Waals surface area contributed by atoms with Crippen molar-refractivity contribution in [2.45, 2.75) is 0 Å². The molecule has 0 fully saturated rings.